The van der Waals surface area contributed by atoms with Gasteiger partial charge in [-0.1, -0.05) is 48.5 Å². The van der Waals surface area contributed by atoms with Crippen LogP contribution in [0.3, 0.4) is 0 Å². The summed E-state index contributed by atoms with van der Waals surface area (Å²) in [5, 5.41) is 0. The molecule has 4 nitrogen and oxygen atoms in total. The van der Waals surface area contributed by atoms with Gasteiger partial charge in [0.1, 0.15) is 11.4 Å². The van der Waals surface area contributed by atoms with Crippen molar-refractivity contribution in [2.45, 2.75) is 71.2 Å². The molecule has 0 aliphatic rings. The summed E-state index contributed by atoms with van der Waals surface area (Å²) in [6.07, 6.45) is 3.95. The molecule has 0 saturated heterocycles. The van der Waals surface area contributed by atoms with Gasteiger partial charge < -0.3 is 9.47 Å². The Morgan fingerprint density at radius 2 is 1.74 bits per heavy atom. The molecule has 168 valence electrons. The van der Waals surface area contributed by atoms with Crippen molar-refractivity contribution < 1.29 is 14.3 Å². The molecule has 0 aliphatic carbocycles. The van der Waals surface area contributed by atoms with Crippen molar-refractivity contribution in [1.29, 1.82) is 0 Å². The Morgan fingerprint density at radius 3 is 2.29 bits per heavy atom. The van der Waals surface area contributed by atoms with E-state index in [1.807, 2.05) is 45.0 Å². The predicted molar refractivity (Wildman–Crippen MR) is 127 cm³/mol. The largest absolute Gasteiger partial charge is 0.497 e. The zero-order valence-electron chi connectivity index (χ0n) is 19.6. The van der Waals surface area contributed by atoms with E-state index < -0.39 is 5.60 Å². The van der Waals surface area contributed by atoms with Gasteiger partial charge in [-0.25, -0.2) is 0 Å². The first-order valence-corrected chi connectivity index (χ1v) is 11.0. The molecule has 0 saturated carbocycles. The third-order valence-corrected chi connectivity index (χ3v) is 5.30. The number of rotatable bonds is 11. The number of hydrogen-bond acceptors (Lipinski definition) is 4. The quantitative estimate of drug-likeness (QED) is 0.313. The summed E-state index contributed by atoms with van der Waals surface area (Å²) >= 11 is 0. The van der Waals surface area contributed by atoms with Crippen molar-refractivity contribution in [3.63, 3.8) is 0 Å². The van der Waals surface area contributed by atoms with E-state index in [1.165, 1.54) is 11.1 Å². The van der Waals surface area contributed by atoms with Gasteiger partial charge in [0.15, 0.2) is 0 Å². The summed E-state index contributed by atoms with van der Waals surface area (Å²) in [6.45, 7) is 12.6. The van der Waals surface area contributed by atoms with Crippen molar-refractivity contribution >= 4 is 5.97 Å². The zero-order valence-corrected chi connectivity index (χ0v) is 19.6. The third-order valence-electron chi connectivity index (χ3n) is 5.30. The van der Waals surface area contributed by atoms with Crippen LogP contribution in [0.25, 0.3) is 0 Å². The maximum absolute atomic E-state index is 12.7. The highest BCUT2D eigenvalue weighted by Gasteiger charge is 2.28. The lowest BCUT2D eigenvalue weighted by atomic mass is 9.98. The second kappa shape index (κ2) is 11.7. The molecule has 0 fully saturated rings. The zero-order chi connectivity index (χ0) is 22.9. The van der Waals surface area contributed by atoms with Gasteiger partial charge in [0.05, 0.1) is 13.5 Å². The lowest BCUT2D eigenvalue weighted by molar-refractivity contribution is -0.156. The van der Waals surface area contributed by atoms with Gasteiger partial charge in [-0.15, -0.1) is 6.58 Å². The summed E-state index contributed by atoms with van der Waals surface area (Å²) in [6, 6.07) is 18.7. The first-order valence-electron chi connectivity index (χ1n) is 11.0. The van der Waals surface area contributed by atoms with E-state index in [-0.39, 0.29) is 18.1 Å². The number of allylic oxidation sites excluding steroid dienone is 1. The summed E-state index contributed by atoms with van der Waals surface area (Å²) in [5.74, 6) is 0.670. The molecule has 0 aromatic heterocycles. The van der Waals surface area contributed by atoms with E-state index in [0.717, 1.165) is 25.1 Å². The molecule has 0 radical (unpaired) electrons. The summed E-state index contributed by atoms with van der Waals surface area (Å²) in [5.41, 5.74) is 1.91. The summed E-state index contributed by atoms with van der Waals surface area (Å²) < 4.78 is 11.0. The maximum atomic E-state index is 12.7. The maximum Gasteiger partial charge on any atom is 0.307 e. The highest BCUT2D eigenvalue weighted by Crippen LogP contribution is 2.30. The topological polar surface area (TPSA) is 38.8 Å². The Hall–Kier alpha value is -2.59. The van der Waals surface area contributed by atoms with Gasteiger partial charge in [-0.05, 0) is 63.8 Å². The number of esters is 1. The standard InChI is InChI=1S/C27H37NO3/c1-7-8-14-24(19-26(29)31-27(3,4)5)28(20-22-12-10-9-11-13-22)21(2)23-15-17-25(30-6)18-16-23/h7,9-13,15-18,21,24H,1,8,14,19-20H2,2-6H3/t21-,24-/m1/s1. The Labute approximate surface area is 187 Å². The smallest absolute Gasteiger partial charge is 0.307 e. The Kier molecular flexibility index (Phi) is 9.32. The van der Waals surface area contributed by atoms with Gasteiger partial charge in [0, 0.05) is 18.6 Å². The van der Waals surface area contributed by atoms with Crippen LogP contribution in [0.2, 0.25) is 0 Å². The van der Waals surface area contributed by atoms with Crippen molar-refractivity contribution in [3.05, 3.63) is 78.4 Å². The lowest BCUT2D eigenvalue weighted by Gasteiger charge is -2.37. The number of carbonyl (C=O) groups is 1. The minimum atomic E-state index is -0.494. The Balaban J connectivity index is 2.34. The van der Waals surface area contributed by atoms with Gasteiger partial charge in [0.2, 0.25) is 0 Å². The number of methoxy groups -OCH3 is 1. The molecule has 0 spiro atoms. The van der Waals surface area contributed by atoms with Crippen molar-refractivity contribution in [3.8, 4) is 5.75 Å². The van der Waals surface area contributed by atoms with E-state index in [9.17, 15) is 4.79 Å². The van der Waals surface area contributed by atoms with Crippen LogP contribution in [0.1, 0.15) is 64.1 Å². The first-order chi connectivity index (χ1) is 14.7. The third kappa shape index (κ3) is 8.22. The molecule has 2 aromatic rings. The number of benzene rings is 2. The number of ether oxygens (including phenoxy) is 2. The fraction of sp³-hybridized carbons (Fsp3) is 0.444. The van der Waals surface area contributed by atoms with Crippen LogP contribution in [0.15, 0.2) is 67.3 Å². The average Bonchev–Trinajstić information content (AvgIpc) is 2.74. The molecule has 0 N–H and O–H groups in total. The minimum absolute atomic E-state index is 0.0326. The lowest BCUT2D eigenvalue weighted by Crippen LogP contribution is -2.39. The molecule has 0 bridgehead atoms. The predicted octanol–water partition coefficient (Wildman–Crippen LogP) is 6.33. The second-order valence-electron chi connectivity index (χ2n) is 8.92. The summed E-state index contributed by atoms with van der Waals surface area (Å²) in [7, 11) is 1.67. The van der Waals surface area contributed by atoms with Crippen LogP contribution >= 0.6 is 0 Å². The van der Waals surface area contributed by atoms with Gasteiger partial charge in [0.25, 0.3) is 0 Å². The van der Waals surface area contributed by atoms with E-state index in [4.69, 9.17) is 9.47 Å². The monoisotopic (exact) mass is 423 g/mol. The van der Waals surface area contributed by atoms with Crippen molar-refractivity contribution in [2.24, 2.45) is 0 Å². The van der Waals surface area contributed by atoms with Gasteiger partial charge in [-0.3, -0.25) is 9.69 Å². The molecule has 0 aliphatic heterocycles. The Morgan fingerprint density at radius 1 is 1.10 bits per heavy atom. The number of hydrogen-bond donors (Lipinski definition) is 0. The normalized spacial score (nSPS) is 13.5. The summed E-state index contributed by atoms with van der Waals surface area (Å²) in [4.78, 5) is 15.1. The van der Waals surface area contributed by atoms with Crippen LogP contribution in [0.5, 0.6) is 5.75 Å². The first kappa shape index (κ1) is 24.7. The fourth-order valence-corrected chi connectivity index (χ4v) is 3.72. The second-order valence-corrected chi connectivity index (χ2v) is 8.92. The molecule has 31 heavy (non-hydrogen) atoms. The van der Waals surface area contributed by atoms with Crippen LogP contribution in [-0.2, 0) is 16.1 Å². The van der Waals surface area contributed by atoms with Crippen molar-refractivity contribution in [1.82, 2.24) is 4.90 Å². The number of nitrogens with zero attached hydrogens (tertiary/aromatic N) is 1. The van der Waals surface area contributed by atoms with Crippen molar-refractivity contribution in [2.75, 3.05) is 7.11 Å². The molecule has 4 heteroatoms. The van der Waals surface area contributed by atoms with Gasteiger partial charge >= 0.3 is 5.97 Å². The fourth-order valence-electron chi connectivity index (χ4n) is 3.72. The molecular formula is C27H37NO3. The number of carbonyl (C=O) groups excluding carboxylic acids is 1. The molecule has 2 atom stereocenters. The Bertz CT molecular complexity index is 809. The molecule has 2 rings (SSSR count). The van der Waals surface area contributed by atoms with Crippen LogP contribution in [-0.4, -0.2) is 29.6 Å². The highest BCUT2D eigenvalue weighted by molar-refractivity contribution is 5.70. The van der Waals surface area contributed by atoms with E-state index in [1.54, 1.807) is 7.11 Å². The van der Waals surface area contributed by atoms with Gasteiger partial charge in [-0.2, -0.15) is 0 Å². The van der Waals surface area contributed by atoms with Crippen LogP contribution < -0.4 is 4.74 Å². The molecule has 0 unspecified atom stereocenters. The van der Waals surface area contributed by atoms with Crippen LogP contribution in [0.4, 0.5) is 0 Å². The van der Waals surface area contributed by atoms with E-state index in [2.05, 4.69) is 54.8 Å². The highest BCUT2D eigenvalue weighted by atomic mass is 16.6. The average molecular weight is 424 g/mol. The SMILES string of the molecule is C=CCC[C@H](CC(=O)OC(C)(C)C)N(Cc1ccccc1)[C@H](C)c1ccc(OC)cc1. The molecule has 2 aromatic carbocycles. The molecule has 0 amide bonds. The van der Waals surface area contributed by atoms with E-state index in [0.29, 0.717) is 6.42 Å². The molecule has 0 heterocycles. The van der Waals surface area contributed by atoms with Crippen LogP contribution in [0, 0.1) is 0 Å². The van der Waals surface area contributed by atoms with E-state index >= 15 is 0 Å². The molecular weight excluding hydrogens is 386 g/mol. The minimum Gasteiger partial charge on any atom is -0.497 e.